The Balaban J connectivity index is 1.51. The van der Waals surface area contributed by atoms with Gasteiger partial charge in [0.2, 0.25) is 5.91 Å². The third-order valence-electron chi connectivity index (χ3n) is 6.08. The van der Waals surface area contributed by atoms with E-state index in [1.807, 2.05) is 12.1 Å². The highest BCUT2D eigenvalue weighted by molar-refractivity contribution is 5.81. The molecule has 29 heavy (non-hydrogen) atoms. The van der Waals surface area contributed by atoms with Crippen molar-refractivity contribution in [2.75, 3.05) is 6.61 Å². The molecule has 1 aliphatic carbocycles. The van der Waals surface area contributed by atoms with Gasteiger partial charge in [-0.3, -0.25) is 9.78 Å². The van der Waals surface area contributed by atoms with Gasteiger partial charge >= 0.3 is 0 Å². The van der Waals surface area contributed by atoms with Crippen LogP contribution in [0.4, 0.5) is 0 Å². The zero-order valence-electron chi connectivity index (χ0n) is 16.4. The van der Waals surface area contributed by atoms with Crippen molar-refractivity contribution in [3.63, 3.8) is 0 Å². The van der Waals surface area contributed by atoms with Gasteiger partial charge in [-0.15, -0.1) is 0 Å². The predicted octanol–water partition coefficient (Wildman–Crippen LogP) is 3.46. The number of carbonyl (C=O) groups is 1. The lowest BCUT2D eigenvalue weighted by Gasteiger charge is -2.51. The second-order valence-corrected chi connectivity index (χ2v) is 7.78. The molecule has 0 radical (unpaired) electrons. The molecule has 1 aliphatic heterocycles. The maximum absolute atomic E-state index is 12.8. The van der Waals surface area contributed by atoms with Crippen LogP contribution in [0.3, 0.4) is 0 Å². The van der Waals surface area contributed by atoms with Crippen molar-refractivity contribution in [3.05, 3.63) is 71.6 Å². The highest BCUT2D eigenvalue weighted by Gasteiger charge is 2.51. The van der Waals surface area contributed by atoms with E-state index in [2.05, 4.69) is 29.3 Å². The maximum atomic E-state index is 12.8. The molecule has 2 heterocycles. The number of hydrogen-bond donors (Lipinski definition) is 1. The topological polar surface area (TPSA) is 77.2 Å². The Morgan fingerprint density at radius 2 is 1.93 bits per heavy atom. The summed E-state index contributed by atoms with van der Waals surface area (Å²) in [6.07, 6.45) is 10.6. The quantitative estimate of drug-likeness (QED) is 0.852. The number of amides is 1. The van der Waals surface area contributed by atoms with Crippen molar-refractivity contribution in [2.45, 2.75) is 50.1 Å². The van der Waals surface area contributed by atoms with Gasteiger partial charge in [0.1, 0.15) is 6.04 Å². The lowest BCUT2D eigenvalue weighted by Crippen LogP contribution is -2.65. The summed E-state index contributed by atoms with van der Waals surface area (Å²) in [6.45, 7) is -0.155. The molecular formula is C24H25N3O2. The molecule has 5 nitrogen and oxygen atoms in total. The van der Waals surface area contributed by atoms with Gasteiger partial charge in [-0.2, -0.15) is 5.26 Å². The van der Waals surface area contributed by atoms with Crippen molar-refractivity contribution in [1.82, 2.24) is 9.88 Å². The number of likely N-dealkylation sites (tertiary alicyclic amines) is 1. The van der Waals surface area contributed by atoms with Crippen molar-refractivity contribution < 1.29 is 9.90 Å². The van der Waals surface area contributed by atoms with Gasteiger partial charge in [-0.25, -0.2) is 0 Å². The molecule has 0 spiro atoms. The number of aliphatic hydroxyl groups is 1. The normalized spacial score (nSPS) is 23.7. The number of pyridine rings is 1. The smallest absolute Gasteiger partial charge is 0.228 e. The first-order chi connectivity index (χ1) is 14.2. The summed E-state index contributed by atoms with van der Waals surface area (Å²) in [4.78, 5) is 18.3. The van der Waals surface area contributed by atoms with Crippen molar-refractivity contribution in [2.24, 2.45) is 0 Å². The summed E-state index contributed by atoms with van der Waals surface area (Å²) in [7, 11) is 0. The number of carbonyl (C=O) groups excluding carboxylic acids is 1. The van der Waals surface area contributed by atoms with E-state index in [9.17, 15) is 15.2 Å². The average Bonchev–Trinajstić information content (AvgIpc) is 2.75. The van der Waals surface area contributed by atoms with Gasteiger partial charge < -0.3 is 10.0 Å². The van der Waals surface area contributed by atoms with E-state index < -0.39 is 6.04 Å². The average molecular weight is 387 g/mol. The fourth-order valence-electron chi connectivity index (χ4n) is 4.54. The Labute approximate surface area is 171 Å². The molecule has 1 aromatic heterocycles. The van der Waals surface area contributed by atoms with Gasteiger partial charge in [0.05, 0.1) is 25.1 Å². The van der Waals surface area contributed by atoms with E-state index >= 15 is 0 Å². The van der Waals surface area contributed by atoms with E-state index in [0.29, 0.717) is 0 Å². The molecule has 3 atom stereocenters. The second kappa shape index (κ2) is 8.59. The van der Waals surface area contributed by atoms with Gasteiger partial charge in [0, 0.05) is 18.3 Å². The van der Waals surface area contributed by atoms with Crippen LogP contribution < -0.4 is 0 Å². The number of nitriles is 1. The fraction of sp³-hybridized carbons (Fsp3) is 0.375. The molecule has 0 unspecified atom stereocenters. The molecule has 2 aromatic rings. The van der Waals surface area contributed by atoms with Crippen molar-refractivity contribution in [1.29, 1.82) is 5.26 Å². The molecular weight excluding hydrogens is 362 g/mol. The SMILES string of the molecule is N#C[C@@H]1[C@@H](c2ccc(C3=CCCCC3)cc2)[C@H](CO)N1C(=O)Cc1ccncc1. The summed E-state index contributed by atoms with van der Waals surface area (Å²) in [6, 6.07) is 13.3. The molecule has 1 saturated heterocycles. The van der Waals surface area contributed by atoms with Crippen LogP contribution in [0.5, 0.6) is 0 Å². The number of allylic oxidation sites excluding steroid dienone is 2. The summed E-state index contributed by atoms with van der Waals surface area (Å²) in [5.41, 5.74) is 4.48. The van der Waals surface area contributed by atoms with Gasteiger partial charge in [-0.05, 0) is 60.1 Å². The first-order valence-corrected chi connectivity index (χ1v) is 10.2. The van der Waals surface area contributed by atoms with Crippen LogP contribution in [-0.2, 0) is 11.2 Å². The Morgan fingerprint density at radius 1 is 1.17 bits per heavy atom. The number of hydrogen-bond acceptors (Lipinski definition) is 4. The molecule has 1 amide bonds. The van der Waals surface area contributed by atoms with Crippen LogP contribution in [0.25, 0.3) is 5.57 Å². The second-order valence-electron chi connectivity index (χ2n) is 7.78. The standard InChI is InChI=1S/C24H25N3O2/c25-15-21-24(20-8-6-19(7-9-20)18-4-2-1-3-5-18)22(16-28)27(21)23(29)14-17-10-12-26-13-11-17/h4,6-13,21-22,24,28H,1-3,5,14,16H2/t21-,22+,24-/m1/s1. The molecule has 148 valence electrons. The number of aliphatic hydroxyl groups excluding tert-OH is 1. The number of nitrogens with zero attached hydrogens (tertiary/aromatic N) is 3. The molecule has 1 N–H and O–H groups in total. The zero-order chi connectivity index (χ0) is 20.2. The van der Waals surface area contributed by atoms with E-state index in [0.717, 1.165) is 24.0 Å². The minimum absolute atomic E-state index is 0.137. The molecule has 1 aromatic carbocycles. The van der Waals surface area contributed by atoms with Crippen molar-refractivity contribution in [3.8, 4) is 6.07 Å². The summed E-state index contributed by atoms with van der Waals surface area (Å²) < 4.78 is 0. The van der Waals surface area contributed by atoms with Gasteiger partial charge in [0.25, 0.3) is 0 Å². The largest absolute Gasteiger partial charge is 0.394 e. The summed E-state index contributed by atoms with van der Waals surface area (Å²) in [5, 5.41) is 19.7. The lowest BCUT2D eigenvalue weighted by atomic mass is 9.75. The van der Waals surface area contributed by atoms with Crippen LogP contribution >= 0.6 is 0 Å². The molecule has 2 aliphatic rings. The molecule has 5 heteroatoms. The Hall–Kier alpha value is -2.97. The highest BCUT2D eigenvalue weighted by Crippen LogP contribution is 2.41. The predicted molar refractivity (Wildman–Crippen MR) is 111 cm³/mol. The van der Waals surface area contributed by atoms with E-state index in [4.69, 9.17) is 0 Å². The number of benzene rings is 1. The third-order valence-corrected chi connectivity index (χ3v) is 6.08. The van der Waals surface area contributed by atoms with Crippen LogP contribution in [-0.4, -0.2) is 39.6 Å². The first-order valence-electron chi connectivity index (χ1n) is 10.2. The van der Waals surface area contributed by atoms with Crippen molar-refractivity contribution >= 4 is 11.5 Å². The van der Waals surface area contributed by atoms with E-state index in [-0.39, 0.29) is 30.9 Å². The van der Waals surface area contributed by atoms with Crippen LogP contribution in [0.1, 0.15) is 48.3 Å². The highest BCUT2D eigenvalue weighted by atomic mass is 16.3. The maximum Gasteiger partial charge on any atom is 0.228 e. The fourth-order valence-corrected chi connectivity index (χ4v) is 4.54. The zero-order valence-corrected chi connectivity index (χ0v) is 16.4. The molecule has 1 fully saturated rings. The Morgan fingerprint density at radius 3 is 2.55 bits per heavy atom. The van der Waals surface area contributed by atoms with Crippen LogP contribution in [0.15, 0.2) is 54.9 Å². The summed E-state index contributed by atoms with van der Waals surface area (Å²) >= 11 is 0. The number of rotatable bonds is 5. The molecule has 0 saturated carbocycles. The molecule has 0 bridgehead atoms. The minimum Gasteiger partial charge on any atom is -0.394 e. The Bertz CT molecular complexity index is 931. The first kappa shape index (κ1) is 19.4. The molecule has 4 rings (SSSR count). The lowest BCUT2D eigenvalue weighted by molar-refractivity contribution is -0.146. The monoisotopic (exact) mass is 387 g/mol. The third kappa shape index (κ3) is 3.81. The van der Waals surface area contributed by atoms with Gasteiger partial charge in [-0.1, -0.05) is 30.3 Å². The number of aromatic nitrogens is 1. The van der Waals surface area contributed by atoms with Gasteiger partial charge in [0.15, 0.2) is 0 Å². The van der Waals surface area contributed by atoms with E-state index in [1.165, 1.54) is 24.0 Å². The van der Waals surface area contributed by atoms with Crippen LogP contribution in [0, 0.1) is 11.3 Å². The van der Waals surface area contributed by atoms with E-state index in [1.54, 1.807) is 29.4 Å². The Kier molecular flexibility index (Phi) is 5.73. The van der Waals surface area contributed by atoms with Crippen LogP contribution in [0.2, 0.25) is 0 Å². The summed E-state index contributed by atoms with van der Waals surface area (Å²) in [5.74, 6) is -0.303. The minimum atomic E-state index is -0.554.